The second kappa shape index (κ2) is 14.4. The molecule has 4 aromatic carbocycles. The summed E-state index contributed by atoms with van der Waals surface area (Å²) in [7, 11) is -6.38. The summed E-state index contributed by atoms with van der Waals surface area (Å²) in [5, 5.41) is 3.35. The fourth-order valence-electron chi connectivity index (χ4n) is 7.46. The normalized spacial score (nSPS) is 19.6. The molecule has 0 saturated carbocycles. The van der Waals surface area contributed by atoms with E-state index in [1.165, 1.54) is 0 Å². The first-order chi connectivity index (χ1) is 23.2. The van der Waals surface area contributed by atoms with Crippen molar-refractivity contribution in [3.8, 4) is 0 Å². The summed E-state index contributed by atoms with van der Waals surface area (Å²) < 4.78 is 27.7. The number of ether oxygens (including phenoxy) is 2. The molecule has 0 N–H and O–H groups in total. The highest BCUT2D eigenvalue weighted by Crippen LogP contribution is 2.42. The Morgan fingerprint density at radius 1 is 0.531 bits per heavy atom. The summed E-state index contributed by atoms with van der Waals surface area (Å²) in [6, 6.07) is 40.6. The first kappa shape index (κ1) is 36.8. The van der Waals surface area contributed by atoms with E-state index in [0.29, 0.717) is 0 Å². The third-order valence-corrected chi connectivity index (χ3v) is 19.6. The molecule has 1 saturated heterocycles. The lowest BCUT2D eigenvalue weighted by Crippen LogP contribution is -2.70. The first-order valence-corrected chi connectivity index (χ1v) is 20.9. The van der Waals surface area contributed by atoms with Gasteiger partial charge in [-0.15, -0.1) is 0 Å². The Morgan fingerprint density at radius 3 is 0.980 bits per heavy atom. The van der Waals surface area contributed by atoms with Crippen LogP contribution in [0.1, 0.15) is 55.4 Å². The summed E-state index contributed by atoms with van der Waals surface area (Å²) in [6.45, 7) is 16.6. The van der Waals surface area contributed by atoms with Crippen molar-refractivity contribution < 1.29 is 27.9 Å². The van der Waals surface area contributed by atoms with Gasteiger partial charge in [0.25, 0.3) is 16.6 Å². The van der Waals surface area contributed by atoms with E-state index >= 15 is 0 Å². The van der Waals surface area contributed by atoms with Crippen LogP contribution >= 0.6 is 0 Å². The maximum atomic E-state index is 13.4. The molecule has 8 heteroatoms. The van der Waals surface area contributed by atoms with Crippen LogP contribution in [0.2, 0.25) is 10.1 Å². The molecule has 0 amide bonds. The Kier molecular flexibility index (Phi) is 10.8. The third-order valence-electron chi connectivity index (χ3n) is 9.54. The fourth-order valence-corrected chi connectivity index (χ4v) is 16.7. The van der Waals surface area contributed by atoms with Crippen molar-refractivity contribution in [3.63, 3.8) is 0 Å². The molecule has 4 atom stereocenters. The van der Waals surface area contributed by atoms with Gasteiger partial charge in [-0.25, -0.2) is 0 Å². The number of aldehydes is 2. The zero-order chi connectivity index (χ0) is 35.5. The molecule has 5 rings (SSSR count). The predicted molar refractivity (Wildman–Crippen MR) is 201 cm³/mol. The summed E-state index contributed by atoms with van der Waals surface area (Å²) in [4.78, 5) is 26.7. The van der Waals surface area contributed by atoms with Gasteiger partial charge >= 0.3 is 0 Å². The van der Waals surface area contributed by atoms with Gasteiger partial charge in [0.2, 0.25) is 0 Å². The minimum atomic E-state index is -3.19. The number of carbonyl (C=O) groups excluding carboxylic acids is 2. The predicted octanol–water partition coefficient (Wildman–Crippen LogP) is 5.79. The molecule has 258 valence electrons. The Morgan fingerprint density at radius 2 is 0.776 bits per heavy atom. The quantitative estimate of drug-likeness (QED) is 0.138. The van der Waals surface area contributed by atoms with Crippen LogP contribution in [0.25, 0.3) is 0 Å². The third kappa shape index (κ3) is 7.08. The summed E-state index contributed by atoms with van der Waals surface area (Å²) >= 11 is 0. The zero-order valence-electron chi connectivity index (χ0n) is 30.0. The summed E-state index contributed by atoms with van der Waals surface area (Å²) in [6.07, 6.45) is -2.37. The van der Waals surface area contributed by atoms with Crippen LogP contribution in [0.15, 0.2) is 121 Å². The van der Waals surface area contributed by atoms with E-state index in [1.54, 1.807) is 13.8 Å². The van der Waals surface area contributed by atoms with E-state index < -0.39 is 56.9 Å². The van der Waals surface area contributed by atoms with Gasteiger partial charge in [-0.1, -0.05) is 163 Å². The van der Waals surface area contributed by atoms with Gasteiger partial charge in [-0.2, -0.15) is 0 Å². The molecule has 1 fully saturated rings. The Labute approximate surface area is 294 Å². The average molecular weight is 695 g/mol. The van der Waals surface area contributed by atoms with Crippen molar-refractivity contribution >= 4 is 50.0 Å². The van der Waals surface area contributed by atoms with E-state index in [0.717, 1.165) is 33.3 Å². The molecule has 0 spiro atoms. The maximum absolute atomic E-state index is 13.4. The van der Waals surface area contributed by atoms with E-state index in [2.05, 4.69) is 90.1 Å². The minimum Gasteiger partial charge on any atom is -0.395 e. The highest BCUT2D eigenvalue weighted by molar-refractivity contribution is 7.00. The van der Waals surface area contributed by atoms with Crippen LogP contribution in [0.4, 0.5) is 0 Å². The molecule has 0 unspecified atom stereocenters. The lowest BCUT2D eigenvalue weighted by molar-refractivity contribution is -0.160. The van der Waals surface area contributed by atoms with Crippen molar-refractivity contribution in [2.75, 3.05) is 0 Å². The van der Waals surface area contributed by atoms with E-state index in [1.807, 2.05) is 72.8 Å². The topological polar surface area (TPSA) is 71.1 Å². The van der Waals surface area contributed by atoms with Gasteiger partial charge in [-0.3, -0.25) is 0 Å². The van der Waals surface area contributed by atoms with Crippen LogP contribution in [-0.2, 0) is 27.9 Å². The van der Waals surface area contributed by atoms with Crippen molar-refractivity contribution in [3.05, 3.63) is 121 Å². The second-order valence-corrected chi connectivity index (χ2v) is 23.8. The van der Waals surface area contributed by atoms with Crippen molar-refractivity contribution in [2.24, 2.45) is 0 Å². The fraction of sp³-hybridized carbons (Fsp3) is 0.366. The van der Waals surface area contributed by atoms with Crippen LogP contribution in [0, 0.1) is 0 Å². The van der Waals surface area contributed by atoms with Gasteiger partial charge in [0.15, 0.2) is 5.79 Å². The standard InChI is InChI=1S/C41H50O6Si2/c1-39(2,3)48(31-21-13-9-14-22-31,32-23-15-10-16-24-32)46-35(29-42)37-38(45-41(7,8)44-37)36(30-43)47-49(40(4,5)6,33-25-17-11-18-26-33)34-27-19-12-20-28-34/h9-30,35-38H,1-8H3/t35-,36-,37+,38+/m0/s1. The number of rotatable bonds is 12. The zero-order valence-corrected chi connectivity index (χ0v) is 32.0. The van der Waals surface area contributed by atoms with Crippen LogP contribution in [0.5, 0.6) is 0 Å². The average Bonchev–Trinajstić information content (AvgIpc) is 3.41. The molecule has 1 aliphatic heterocycles. The Hall–Kier alpha value is -3.51. The summed E-state index contributed by atoms with van der Waals surface area (Å²) in [5.41, 5.74) is 0. The Balaban J connectivity index is 1.64. The molecule has 1 heterocycles. The van der Waals surface area contributed by atoms with Gasteiger partial charge in [0, 0.05) is 0 Å². The number of hydrogen-bond donors (Lipinski definition) is 0. The summed E-state index contributed by atoms with van der Waals surface area (Å²) in [5.74, 6) is -1.11. The molecular formula is C41H50O6Si2. The lowest BCUT2D eigenvalue weighted by atomic mass is 10.1. The lowest BCUT2D eigenvalue weighted by Gasteiger charge is -2.46. The van der Waals surface area contributed by atoms with Gasteiger partial charge in [-0.05, 0) is 44.7 Å². The second-order valence-electron chi connectivity index (χ2n) is 15.3. The van der Waals surface area contributed by atoms with Crippen LogP contribution in [0.3, 0.4) is 0 Å². The number of hydrogen-bond acceptors (Lipinski definition) is 6. The van der Waals surface area contributed by atoms with Crippen molar-refractivity contribution in [2.45, 2.75) is 95.7 Å². The smallest absolute Gasteiger partial charge is 0.262 e. The van der Waals surface area contributed by atoms with Gasteiger partial charge in [0.05, 0.1) is 0 Å². The van der Waals surface area contributed by atoms with Crippen LogP contribution < -0.4 is 20.7 Å². The minimum absolute atomic E-state index is 0.392. The molecular weight excluding hydrogens is 645 g/mol. The maximum Gasteiger partial charge on any atom is 0.262 e. The van der Waals surface area contributed by atoms with Gasteiger partial charge in [0.1, 0.15) is 37.0 Å². The molecule has 49 heavy (non-hydrogen) atoms. The number of benzene rings is 4. The Bertz CT molecular complexity index is 1460. The van der Waals surface area contributed by atoms with E-state index in [9.17, 15) is 9.59 Å². The molecule has 4 aromatic rings. The molecule has 0 radical (unpaired) electrons. The monoisotopic (exact) mass is 694 g/mol. The number of carbonyl (C=O) groups is 2. The largest absolute Gasteiger partial charge is 0.395 e. The van der Waals surface area contributed by atoms with E-state index in [-0.39, 0.29) is 0 Å². The molecule has 0 bridgehead atoms. The highest BCUT2D eigenvalue weighted by atomic mass is 28.4. The molecule has 1 aliphatic rings. The SMILES string of the molecule is CC1(C)O[C@H]([C@H](C=O)O[Si](c2ccccc2)(c2ccccc2)C(C)(C)C)[C@@H]([C@H](C=O)O[Si](c2ccccc2)(c2ccccc2)C(C)(C)C)O1. The van der Waals surface area contributed by atoms with Crippen molar-refractivity contribution in [1.82, 2.24) is 0 Å². The molecule has 6 nitrogen and oxygen atoms in total. The van der Waals surface area contributed by atoms with E-state index in [4.69, 9.17) is 18.3 Å². The first-order valence-electron chi connectivity index (χ1n) is 17.0. The highest BCUT2D eigenvalue weighted by Gasteiger charge is 2.58. The van der Waals surface area contributed by atoms with Gasteiger partial charge < -0.3 is 27.9 Å². The molecule has 0 aliphatic carbocycles. The van der Waals surface area contributed by atoms with Crippen LogP contribution in [-0.4, -0.2) is 59.4 Å². The van der Waals surface area contributed by atoms with Crippen molar-refractivity contribution in [1.29, 1.82) is 0 Å². The molecule has 0 aromatic heterocycles.